The molecule has 78 heavy (non-hydrogen) atoms. The van der Waals surface area contributed by atoms with Gasteiger partial charge in [0.25, 0.3) is 5.91 Å². The molecule has 2 unspecified atom stereocenters. The number of thioether (sulfide) groups is 2. The summed E-state index contributed by atoms with van der Waals surface area (Å²) in [4.78, 5) is 84.1. The van der Waals surface area contributed by atoms with Crippen LogP contribution in [0.5, 0.6) is 5.75 Å². The normalized spacial score (nSPS) is 18.2. The van der Waals surface area contributed by atoms with Gasteiger partial charge in [-0.05, 0) is 60.2 Å². The zero-order valence-electron chi connectivity index (χ0n) is 42.5. The second-order valence-electron chi connectivity index (χ2n) is 18.7. The fourth-order valence-corrected chi connectivity index (χ4v) is 15.0. The minimum absolute atomic E-state index is 0.0506. The maximum atomic E-state index is 16.5. The minimum atomic E-state index is -1.47. The van der Waals surface area contributed by atoms with Crippen molar-refractivity contribution < 1.29 is 47.0 Å². The quantitative estimate of drug-likeness (QED) is 0.0195. The molecule has 3 fully saturated rings. The number of carbonyl (C=O) groups excluding carboxylic acids is 4. The molecule has 3 atom stereocenters. The van der Waals surface area contributed by atoms with E-state index in [2.05, 4.69) is 15.8 Å². The number of fused-ring (bicyclic) bond motifs is 2. The summed E-state index contributed by atoms with van der Waals surface area (Å²) >= 11 is 4.26. The Hall–Kier alpha value is -7.33. The summed E-state index contributed by atoms with van der Waals surface area (Å²) in [7, 11) is 2.84. The molecule has 3 saturated heterocycles. The number of aromatic nitrogens is 1. The third-order valence-electron chi connectivity index (χ3n) is 13.9. The van der Waals surface area contributed by atoms with Crippen molar-refractivity contribution >= 4 is 96.6 Å². The van der Waals surface area contributed by atoms with Gasteiger partial charge in [0.05, 0.1) is 22.6 Å². The van der Waals surface area contributed by atoms with E-state index in [0.29, 0.717) is 29.5 Å². The van der Waals surface area contributed by atoms with Crippen LogP contribution in [0.3, 0.4) is 0 Å². The lowest BCUT2D eigenvalue weighted by molar-refractivity contribution is -0.162. The minimum Gasteiger partial charge on any atom is -0.497 e. The highest BCUT2D eigenvalue weighted by atomic mass is 32.2. The van der Waals surface area contributed by atoms with E-state index in [1.54, 1.807) is 41.5 Å². The zero-order valence-corrected chi connectivity index (χ0v) is 45.8. The van der Waals surface area contributed by atoms with Gasteiger partial charge in [-0.2, -0.15) is 0 Å². The lowest BCUT2D eigenvalue weighted by atomic mass is 9.77. The average Bonchev–Trinajstić information content (AvgIpc) is 4.22. The van der Waals surface area contributed by atoms with E-state index < -0.39 is 68.7 Å². The third-order valence-corrected chi connectivity index (χ3v) is 19.0. The first-order valence-corrected chi connectivity index (χ1v) is 28.7. The van der Waals surface area contributed by atoms with E-state index in [1.807, 2.05) is 91.0 Å². The Kier molecular flexibility index (Phi) is 16.2. The Morgan fingerprint density at radius 3 is 2.13 bits per heavy atom. The zero-order chi connectivity index (χ0) is 54.6. The molecular formula is C57H52F2N6O9S4. The summed E-state index contributed by atoms with van der Waals surface area (Å²) in [6, 6.07) is 36.8. The van der Waals surface area contributed by atoms with Crippen LogP contribution in [0.25, 0.3) is 10.1 Å². The number of halogens is 2. The van der Waals surface area contributed by atoms with Crippen LogP contribution < -0.4 is 25.7 Å². The number of oxime groups is 1. The van der Waals surface area contributed by atoms with Gasteiger partial charge in [0.15, 0.2) is 16.7 Å². The largest absolute Gasteiger partial charge is 0.497 e. The van der Waals surface area contributed by atoms with Gasteiger partial charge in [0.1, 0.15) is 64.6 Å². The predicted molar refractivity (Wildman–Crippen MR) is 300 cm³/mol. The van der Waals surface area contributed by atoms with E-state index in [-0.39, 0.29) is 62.7 Å². The predicted octanol–water partition coefficient (Wildman–Crippen LogP) is 9.46. The monoisotopic (exact) mass is 1130 g/mol. The summed E-state index contributed by atoms with van der Waals surface area (Å²) in [5, 5.41) is 11.8. The van der Waals surface area contributed by atoms with Gasteiger partial charge in [0, 0.05) is 41.9 Å². The number of nitrogens with one attached hydrogen (secondary N) is 2. The van der Waals surface area contributed by atoms with E-state index in [9.17, 15) is 24.0 Å². The molecule has 0 radical (unpaired) electrons. The molecule has 5 aromatic carbocycles. The molecule has 5 heterocycles. The molecule has 2 amide bonds. The summed E-state index contributed by atoms with van der Waals surface area (Å²) in [5.74, 6) is -4.19. The van der Waals surface area contributed by atoms with Crippen molar-refractivity contribution in [1.29, 1.82) is 0 Å². The lowest BCUT2D eigenvalue weighted by Crippen LogP contribution is -2.74. The Labute approximate surface area is 464 Å². The van der Waals surface area contributed by atoms with Crippen molar-refractivity contribution in [2.75, 3.05) is 62.2 Å². The molecular weight excluding hydrogens is 1080 g/mol. The maximum Gasteiger partial charge on any atom is 0.344 e. The first-order chi connectivity index (χ1) is 37.9. The van der Waals surface area contributed by atoms with Crippen molar-refractivity contribution in [3.63, 3.8) is 0 Å². The Morgan fingerprint density at radius 1 is 0.885 bits per heavy atom. The topological polar surface area (TPSA) is 178 Å². The summed E-state index contributed by atoms with van der Waals surface area (Å²) in [6.07, 6.45) is 1.49. The highest BCUT2D eigenvalue weighted by Crippen LogP contribution is 2.47. The van der Waals surface area contributed by atoms with E-state index in [4.69, 9.17) is 24.0 Å². The number of carbonyl (C=O) groups is 4. The van der Waals surface area contributed by atoms with Gasteiger partial charge < -0.3 is 39.5 Å². The molecule has 21 heteroatoms. The van der Waals surface area contributed by atoms with Gasteiger partial charge in [0.2, 0.25) is 11.3 Å². The molecule has 2 N–H and O–H groups in total. The number of esters is 2. The molecule has 0 saturated carbocycles. The van der Waals surface area contributed by atoms with Gasteiger partial charge in [-0.1, -0.05) is 108 Å². The van der Waals surface area contributed by atoms with Crippen LogP contribution in [0.1, 0.15) is 58.1 Å². The molecule has 7 aromatic rings. The Bertz CT molecular complexity index is 3360. The van der Waals surface area contributed by atoms with Crippen LogP contribution in [0.2, 0.25) is 0 Å². The number of hydrogen-bond acceptors (Lipinski definition) is 17. The fraction of sp³-hybridized carbons (Fsp3) is 0.281. The van der Waals surface area contributed by atoms with Gasteiger partial charge in [-0.3, -0.25) is 19.2 Å². The van der Waals surface area contributed by atoms with Crippen LogP contribution in [-0.2, 0) is 40.8 Å². The number of amides is 2. The van der Waals surface area contributed by atoms with Crippen molar-refractivity contribution in [3.8, 4) is 5.75 Å². The molecule has 3 aliphatic heterocycles. The van der Waals surface area contributed by atoms with E-state index in [1.165, 1.54) is 42.2 Å². The second-order valence-corrected chi connectivity index (χ2v) is 22.9. The smallest absolute Gasteiger partial charge is 0.344 e. The lowest BCUT2D eigenvalue weighted by Gasteiger charge is -2.54. The Morgan fingerprint density at radius 2 is 1.53 bits per heavy atom. The van der Waals surface area contributed by atoms with Crippen LogP contribution in [0.15, 0.2) is 141 Å². The molecule has 0 aliphatic carbocycles. The van der Waals surface area contributed by atoms with Crippen LogP contribution in [0.4, 0.5) is 19.6 Å². The van der Waals surface area contributed by atoms with Gasteiger partial charge in [-0.15, -0.1) is 46.2 Å². The molecule has 3 aliphatic rings. The van der Waals surface area contributed by atoms with Crippen LogP contribution >= 0.6 is 46.2 Å². The van der Waals surface area contributed by atoms with Crippen LogP contribution in [0, 0.1) is 17.0 Å². The maximum absolute atomic E-state index is 16.5. The highest BCUT2D eigenvalue weighted by Gasteiger charge is 2.58. The van der Waals surface area contributed by atoms with Crippen molar-refractivity contribution in [1.82, 2.24) is 15.2 Å². The molecule has 0 spiro atoms. The molecule has 10 rings (SSSR count). The Balaban J connectivity index is 0.914. The highest BCUT2D eigenvalue weighted by molar-refractivity contribution is 8.01. The number of thiazole rings is 1. The van der Waals surface area contributed by atoms with Gasteiger partial charge >= 0.3 is 11.9 Å². The number of β-lactam (4-membered cyclic amide) rings is 1. The number of methoxy groups -OCH3 is 1. The summed E-state index contributed by atoms with van der Waals surface area (Å²) in [6.45, 7) is 2.04. The number of ether oxygens (including phenoxy) is 3. The van der Waals surface area contributed by atoms with Crippen molar-refractivity contribution in [3.05, 3.63) is 182 Å². The van der Waals surface area contributed by atoms with Crippen molar-refractivity contribution in [2.24, 2.45) is 10.6 Å². The summed E-state index contributed by atoms with van der Waals surface area (Å²) in [5.41, 5.74) is -0.456. The first kappa shape index (κ1) is 54.0. The van der Waals surface area contributed by atoms with E-state index >= 15 is 8.78 Å². The number of anilines is 2. The number of hydrogen-bond donors (Lipinski definition) is 2. The van der Waals surface area contributed by atoms with Crippen molar-refractivity contribution in [2.45, 2.75) is 47.5 Å². The SMILES string of the molecule is CCOC(=O)c1c(SCC2(C(=O)OCc3ccc(OC)cc3)CS[C@@H]3C(NC(=O)C(=NOC)c4csc(NC(c5ccccc5)(c5ccccc5)c5ccccc5)n4)C(=O)N3C2)sc2c(F)c(N3CCCC3)c(F)cc2c1=O. The standard InChI is InChI=1S/C57H52F2N6O9S4/c1-4-73-52(69)42-47(66)39-28-40(58)46(64-26-14-15-27-64)43(59)48(39)78-53(42)77-33-56(54(70)74-29-34-22-24-38(71-2)25-23-34)31-65-50(68)45(51(65)76-32-56)61-49(67)44(63-72-3)41-30-75-55(60-41)62-57(35-16-8-5-9-17-35,36-18-10-6-11-19-36)37-20-12-7-13-21-37/h5-13,16-25,28,30,45,51H,4,14-15,26-27,29,31-33H2,1-3H3,(H,60,62)(H,61,67)/t45?,51-,56?/m1/s1. The van der Waals surface area contributed by atoms with E-state index in [0.717, 1.165) is 58.7 Å². The van der Waals surface area contributed by atoms with Crippen LogP contribution in [-0.4, -0.2) is 103 Å². The second kappa shape index (κ2) is 23.3. The number of nitrogens with zero attached hydrogens (tertiary/aromatic N) is 4. The molecule has 0 bridgehead atoms. The number of benzene rings is 5. The molecule has 2 aromatic heterocycles. The molecule has 402 valence electrons. The van der Waals surface area contributed by atoms with Gasteiger partial charge in [-0.25, -0.2) is 18.6 Å². The summed E-state index contributed by atoms with van der Waals surface area (Å²) < 4.78 is 48.6. The first-order valence-electron chi connectivity index (χ1n) is 25.0. The average molecular weight is 1130 g/mol. The fourth-order valence-electron chi connectivity index (χ4n) is 9.95. The third kappa shape index (κ3) is 10.4. The number of rotatable bonds is 19. The molecule has 15 nitrogen and oxygen atoms in total.